The van der Waals surface area contributed by atoms with Crippen LogP contribution in [0.2, 0.25) is 0 Å². The molecule has 0 aromatic heterocycles. The van der Waals surface area contributed by atoms with Gasteiger partial charge in [0.15, 0.2) is 0 Å². The van der Waals surface area contributed by atoms with Crippen molar-refractivity contribution >= 4 is 6.08 Å². The number of ether oxygens (including phenoxy) is 1. The molecule has 1 aromatic rings. The van der Waals surface area contributed by atoms with Crippen LogP contribution in [0.1, 0.15) is 32.8 Å². The minimum atomic E-state index is 0.532. The summed E-state index contributed by atoms with van der Waals surface area (Å²) in [4.78, 5) is 0. The van der Waals surface area contributed by atoms with Crippen LogP contribution in [-0.4, -0.2) is 19.2 Å². The van der Waals surface area contributed by atoms with Gasteiger partial charge in [-0.05, 0) is 24.1 Å². The lowest BCUT2D eigenvalue weighted by molar-refractivity contribution is 0.317. The predicted octanol–water partition coefficient (Wildman–Crippen LogP) is 3.49. The van der Waals surface area contributed by atoms with E-state index in [1.165, 1.54) is 5.56 Å². The normalized spacial score (nSPS) is 11.3. The lowest BCUT2D eigenvalue weighted by Gasteiger charge is -2.05. The van der Waals surface area contributed by atoms with Gasteiger partial charge >= 0.3 is 0 Å². The summed E-state index contributed by atoms with van der Waals surface area (Å²) in [6.45, 7) is 8.10. The first-order valence-electron chi connectivity index (χ1n) is 6.35. The molecule has 0 radical (unpaired) electrons. The van der Waals surface area contributed by atoms with E-state index in [0.717, 1.165) is 25.3 Å². The van der Waals surface area contributed by atoms with E-state index < -0.39 is 0 Å². The highest BCUT2D eigenvalue weighted by Gasteiger charge is 1.92. The molecule has 0 heterocycles. The van der Waals surface area contributed by atoms with Crippen molar-refractivity contribution in [3.8, 4) is 5.75 Å². The molecule has 0 amide bonds. The smallest absolute Gasteiger partial charge is 0.119 e. The van der Waals surface area contributed by atoms with Gasteiger partial charge in [-0.2, -0.15) is 0 Å². The molecule has 0 unspecified atom stereocenters. The van der Waals surface area contributed by atoms with Crippen LogP contribution in [-0.2, 0) is 0 Å². The molecular formula is C15H23NO. The van der Waals surface area contributed by atoms with E-state index in [2.05, 4.69) is 50.4 Å². The summed E-state index contributed by atoms with van der Waals surface area (Å²) >= 11 is 0. The van der Waals surface area contributed by atoms with Crippen molar-refractivity contribution in [2.75, 3.05) is 13.2 Å². The molecule has 1 aromatic carbocycles. The van der Waals surface area contributed by atoms with Gasteiger partial charge in [-0.1, -0.05) is 45.1 Å². The van der Waals surface area contributed by atoms with Gasteiger partial charge in [0.05, 0.1) is 6.61 Å². The van der Waals surface area contributed by atoms with Crippen molar-refractivity contribution < 1.29 is 4.74 Å². The van der Waals surface area contributed by atoms with Gasteiger partial charge in [-0.25, -0.2) is 0 Å². The van der Waals surface area contributed by atoms with Gasteiger partial charge < -0.3 is 10.1 Å². The number of rotatable bonds is 7. The zero-order valence-corrected chi connectivity index (χ0v) is 11.1. The van der Waals surface area contributed by atoms with Crippen LogP contribution in [0, 0.1) is 0 Å². The fourth-order valence-corrected chi connectivity index (χ4v) is 1.39. The zero-order chi connectivity index (χ0) is 12.5. The zero-order valence-electron chi connectivity index (χ0n) is 11.1. The first kappa shape index (κ1) is 13.8. The summed E-state index contributed by atoms with van der Waals surface area (Å²) in [5, 5.41) is 3.34. The van der Waals surface area contributed by atoms with E-state index in [4.69, 9.17) is 4.74 Å². The average molecular weight is 233 g/mol. The summed E-state index contributed by atoms with van der Waals surface area (Å²) in [6.07, 6.45) is 5.31. The number of nitrogens with one attached hydrogen (secondary N) is 1. The lowest BCUT2D eigenvalue weighted by Crippen LogP contribution is -2.22. The van der Waals surface area contributed by atoms with Crippen molar-refractivity contribution in [1.82, 2.24) is 5.32 Å². The number of hydrogen-bond donors (Lipinski definition) is 1. The van der Waals surface area contributed by atoms with Crippen molar-refractivity contribution in [2.45, 2.75) is 33.2 Å². The van der Waals surface area contributed by atoms with Crippen molar-refractivity contribution in [2.24, 2.45) is 0 Å². The topological polar surface area (TPSA) is 21.3 Å². The molecule has 94 valence electrons. The molecule has 0 atom stereocenters. The molecule has 0 aliphatic heterocycles. The van der Waals surface area contributed by atoms with Crippen LogP contribution in [0.5, 0.6) is 5.75 Å². The Labute approximate surface area is 105 Å². The Morgan fingerprint density at radius 3 is 2.53 bits per heavy atom. The second-order valence-electron chi connectivity index (χ2n) is 4.38. The molecule has 0 bridgehead atoms. The fraction of sp³-hybridized carbons (Fsp3) is 0.467. The molecule has 0 fully saturated rings. The minimum Gasteiger partial charge on any atom is -0.494 e. The van der Waals surface area contributed by atoms with E-state index in [0.29, 0.717) is 6.04 Å². The Morgan fingerprint density at radius 2 is 1.94 bits per heavy atom. The fourth-order valence-electron chi connectivity index (χ4n) is 1.39. The minimum absolute atomic E-state index is 0.532. The summed E-state index contributed by atoms with van der Waals surface area (Å²) < 4.78 is 5.53. The van der Waals surface area contributed by atoms with Crippen LogP contribution < -0.4 is 10.1 Å². The molecule has 0 spiro atoms. The van der Waals surface area contributed by atoms with Crippen LogP contribution >= 0.6 is 0 Å². The van der Waals surface area contributed by atoms with Gasteiger partial charge in [0, 0.05) is 12.6 Å². The summed E-state index contributed by atoms with van der Waals surface area (Å²) in [5.74, 6) is 0.948. The molecule has 2 heteroatoms. The van der Waals surface area contributed by atoms with E-state index in [9.17, 15) is 0 Å². The van der Waals surface area contributed by atoms with Gasteiger partial charge in [-0.15, -0.1) is 0 Å². The van der Waals surface area contributed by atoms with Crippen LogP contribution in [0.25, 0.3) is 6.08 Å². The summed E-state index contributed by atoms with van der Waals surface area (Å²) in [7, 11) is 0. The summed E-state index contributed by atoms with van der Waals surface area (Å²) in [5.41, 5.74) is 1.21. The Morgan fingerprint density at radius 1 is 1.24 bits per heavy atom. The van der Waals surface area contributed by atoms with E-state index in [1.54, 1.807) is 0 Å². The molecule has 0 aliphatic rings. The lowest BCUT2D eigenvalue weighted by atomic mass is 10.2. The van der Waals surface area contributed by atoms with Crippen molar-refractivity contribution in [3.63, 3.8) is 0 Å². The maximum Gasteiger partial charge on any atom is 0.119 e. The SMILES string of the molecule is CCCOc1ccc(C=CCNC(C)C)cc1. The maximum atomic E-state index is 5.53. The molecule has 0 aliphatic carbocycles. The quantitative estimate of drug-likeness (QED) is 0.778. The number of benzene rings is 1. The first-order valence-corrected chi connectivity index (χ1v) is 6.35. The molecule has 0 saturated heterocycles. The maximum absolute atomic E-state index is 5.53. The highest BCUT2D eigenvalue weighted by atomic mass is 16.5. The Kier molecular flexibility index (Phi) is 6.41. The van der Waals surface area contributed by atoms with Gasteiger partial charge in [0.2, 0.25) is 0 Å². The van der Waals surface area contributed by atoms with Crippen molar-refractivity contribution in [3.05, 3.63) is 35.9 Å². The van der Waals surface area contributed by atoms with E-state index >= 15 is 0 Å². The Balaban J connectivity index is 2.39. The third-order valence-electron chi connectivity index (χ3n) is 2.31. The predicted molar refractivity (Wildman–Crippen MR) is 74.4 cm³/mol. The number of hydrogen-bond acceptors (Lipinski definition) is 2. The third-order valence-corrected chi connectivity index (χ3v) is 2.31. The van der Waals surface area contributed by atoms with Gasteiger partial charge in [0.1, 0.15) is 5.75 Å². The van der Waals surface area contributed by atoms with Gasteiger partial charge in [0.25, 0.3) is 0 Å². The molecule has 1 N–H and O–H groups in total. The molecule has 0 saturated carbocycles. The molecule has 1 rings (SSSR count). The summed E-state index contributed by atoms with van der Waals surface area (Å²) in [6, 6.07) is 8.73. The first-order chi connectivity index (χ1) is 8.22. The van der Waals surface area contributed by atoms with E-state index in [-0.39, 0.29) is 0 Å². The highest BCUT2D eigenvalue weighted by Crippen LogP contribution is 2.13. The molecule has 17 heavy (non-hydrogen) atoms. The Hall–Kier alpha value is -1.28. The van der Waals surface area contributed by atoms with Crippen LogP contribution in [0.3, 0.4) is 0 Å². The standard InChI is InChI=1S/C15H23NO/c1-4-12-17-15-9-7-14(8-10-15)6-5-11-16-13(2)3/h5-10,13,16H,4,11-12H2,1-3H3. The van der Waals surface area contributed by atoms with Crippen molar-refractivity contribution in [1.29, 1.82) is 0 Å². The highest BCUT2D eigenvalue weighted by molar-refractivity contribution is 5.50. The monoisotopic (exact) mass is 233 g/mol. The van der Waals surface area contributed by atoms with Crippen LogP contribution in [0.4, 0.5) is 0 Å². The van der Waals surface area contributed by atoms with E-state index in [1.807, 2.05) is 12.1 Å². The van der Waals surface area contributed by atoms with Gasteiger partial charge in [-0.3, -0.25) is 0 Å². The molecule has 2 nitrogen and oxygen atoms in total. The average Bonchev–Trinajstić information content (AvgIpc) is 2.33. The second kappa shape index (κ2) is 7.91. The Bertz CT molecular complexity index is 327. The second-order valence-corrected chi connectivity index (χ2v) is 4.38. The largest absolute Gasteiger partial charge is 0.494 e. The third kappa shape index (κ3) is 6.12. The molecular weight excluding hydrogens is 210 g/mol. The van der Waals surface area contributed by atoms with Crippen LogP contribution in [0.15, 0.2) is 30.3 Å².